The molecule has 3 nitrogen and oxygen atoms in total. The maximum atomic E-state index is 14.1. The average Bonchev–Trinajstić information content (AvgIpc) is 2.98. The van der Waals surface area contributed by atoms with Crippen LogP contribution in [-0.4, -0.2) is 31.1 Å². The number of benzene rings is 1. The van der Waals surface area contributed by atoms with Gasteiger partial charge in [0.25, 0.3) is 0 Å². The zero-order valence-corrected chi connectivity index (χ0v) is 12.2. The Kier molecular flexibility index (Phi) is 5.33. The lowest BCUT2D eigenvalue weighted by atomic mass is 10.0. The zero-order chi connectivity index (χ0) is 13.9. The molecule has 1 aromatic carbocycles. The molecule has 0 radical (unpaired) electrons. The lowest BCUT2D eigenvalue weighted by Crippen LogP contribution is -2.45. The molecule has 1 fully saturated rings. The minimum absolute atomic E-state index is 0. The molecule has 114 valence electrons. The van der Waals surface area contributed by atoms with Gasteiger partial charge in [0, 0.05) is 31.7 Å². The Hall–Kier alpha value is -1.43. The van der Waals surface area contributed by atoms with Crippen LogP contribution in [0, 0.1) is 11.6 Å². The van der Waals surface area contributed by atoms with Crippen molar-refractivity contribution in [3.63, 3.8) is 0 Å². The van der Waals surface area contributed by atoms with Gasteiger partial charge >= 0.3 is 0 Å². The molecule has 1 N–H and O–H groups in total. The maximum Gasteiger partial charge on any atom is 0.128 e. The van der Waals surface area contributed by atoms with Crippen LogP contribution in [0.15, 0.2) is 41.0 Å². The van der Waals surface area contributed by atoms with Crippen LogP contribution in [0.2, 0.25) is 0 Å². The molecule has 0 saturated carbocycles. The summed E-state index contributed by atoms with van der Waals surface area (Å²) in [6.07, 6.45) is 1.56. The topological polar surface area (TPSA) is 28.4 Å². The Labute approximate surface area is 128 Å². The Morgan fingerprint density at radius 1 is 1.14 bits per heavy atom. The number of halogens is 3. The van der Waals surface area contributed by atoms with Crippen molar-refractivity contribution in [2.24, 2.45) is 0 Å². The molecule has 6 heteroatoms. The van der Waals surface area contributed by atoms with E-state index >= 15 is 0 Å². The fourth-order valence-electron chi connectivity index (χ4n) is 2.64. The molecule has 2 aromatic rings. The predicted molar refractivity (Wildman–Crippen MR) is 78.6 cm³/mol. The van der Waals surface area contributed by atoms with Gasteiger partial charge in [-0.05, 0) is 30.3 Å². The van der Waals surface area contributed by atoms with Crippen LogP contribution in [0.1, 0.15) is 17.4 Å². The van der Waals surface area contributed by atoms with E-state index < -0.39 is 11.6 Å². The minimum atomic E-state index is -0.437. The first kappa shape index (κ1) is 15.9. The van der Waals surface area contributed by atoms with Gasteiger partial charge in [-0.15, -0.1) is 12.4 Å². The van der Waals surface area contributed by atoms with Crippen molar-refractivity contribution in [1.29, 1.82) is 0 Å². The normalized spacial score (nSPS) is 17.2. The monoisotopic (exact) mass is 314 g/mol. The highest BCUT2D eigenvalue weighted by Crippen LogP contribution is 2.31. The maximum absolute atomic E-state index is 14.1. The predicted octanol–water partition coefficient (Wildman–Crippen LogP) is 2.97. The van der Waals surface area contributed by atoms with Crippen LogP contribution < -0.4 is 5.32 Å². The molecule has 21 heavy (non-hydrogen) atoms. The third kappa shape index (κ3) is 3.43. The Morgan fingerprint density at radius 2 is 1.90 bits per heavy atom. The lowest BCUT2D eigenvalue weighted by Gasteiger charge is -2.34. The van der Waals surface area contributed by atoms with Gasteiger partial charge in [-0.25, -0.2) is 8.78 Å². The van der Waals surface area contributed by atoms with Crippen molar-refractivity contribution in [1.82, 2.24) is 10.2 Å². The van der Waals surface area contributed by atoms with E-state index in [1.165, 1.54) is 12.1 Å². The van der Waals surface area contributed by atoms with Crippen molar-refractivity contribution in [2.45, 2.75) is 6.04 Å². The van der Waals surface area contributed by atoms with Crippen molar-refractivity contribution < 1.29 is 13.2 Å². The highest BCUT2D eigenvalue weighted by molar-refractivity contribution is 5.85. The summed E-state index contributed by atoms with van der Waals surface area (Å²) in [5.41, 5.74) is 0.321. The lowest BCUT2D eigenvalue weighted by molar-refractivity contribution is 0.177. The molecule has 1 atom stereocenters. The van der Waals surface area contributed by atoms with Gasteiger partial charge < -0.3 is 9.73 Å². The van der Waals surface area contributed by atoms with E-state index in [0.717, 1.165) is 32.2 Å². The van der Waals surface area contributed by atoms with E-state index in [-0.39, 0.29) is 18.4 Å². The van der Waals surface area contributed by atoms with Crippen LogP contribution in [0.25, 0.3) is 0 Å². The van der Waals surface area contributed by atoms with Crippen LogP contribution in [0.3, 0.4) is 0 Å². The first-order valence-corrected chi connectivity index (χ1v) is 6.69. The molecular formula is C15H17ClF2N2O. The van der Waals surface area contributed by atoms with Crippen LogP contribution in [-0.2, 0) is 0 Å². The molecular weight excluding hydrogens is 298 g/mol. The van der Waals surface area contributed by atoms with Gasteiger partial charge in [0.15, 0.2) is 0 Å². The second-order valence-electron chi connectivity index (χ2n) is 4.87. The molecule has 1 aromatic heterocycles. The number of piperazine rings is 1. The second-order valence-corrected chi connectivity index (χ2v) is 4.87. The van der Waals surface area contributed by atoms with E-state index in [4.69, 9.17) is 4.42 Å². The number of rotatable bonds is 3. The quantitative estimate of drug-likeness (QED) is 0.944. The van der Waals surface area contributed by atoms with Crippen molar-refractivity contribution >= 4 is 12.4 Å². The van der Waals surface area contributed by atoms with Crippen molar-refractivity contribution in [3.05, 3.63) is 59.6 Å². The number of nitrogens with one attached hydrogen (secondary N) is 1. The summed E-state index contributed by atoms with van der Waals surface area (Å²) >= 11 is 0. The van der Waals surface area contributed by atoms with E-state index in [0.29, 0.717) is 11.3 Å². The first-order valence-electron chi connectivity index (χ1n) is 6.69. The number of furan rings is 1. The van der Waals surface area contributed by atoms with E-state index in [2.05, 4.69) is 10.2 Å². The Bertz CT molecular complexity index is 571. The summed E-state index contributed by atoms with van der Waals surface area (Å²) in [5, 5.41) is 3.25. The molecule has 1 saturated heterocycles. The molecule has 0 bridgehead atoms. The molecule has 0 aliphatic carbocycles. The summed E-state index contributed by atoms with van der Waals surface area (Å²) in [5.74, 6) is -0.212. The highest BCUT2D eigenvalue weighted by atomic mass is 35.5. The molecule has 1 aliphatic heterocycles. The summed E-state index contributed by atoms with van der Waals surface area (Å²) in [4.78, 5) is 2.10. The second kappa shape index (κ2) is 7.02. The standard InChI is InChI=1S/C15H16F2N2O.ClH/c16-11-3-4-13(17)12(10-11)15(14-2-1-9-20-14)19-7-5-18-6-8-19;/h1-4,9-10,15,18H,5-8H2;1H/t15-;/m0./s1. The zero-order valence-electron chi connectivity index (χ0n) is 11.4. The number of hydrogen-bond donors (Lipinski definition) is 1. The van der Waals surface area contributed by atoms with Gasteiger partial charge in [0.2, 0.25) is 0 Å². The number of hydrogen-bond acceptors (Lipinski definition) is 3. The van der Waals surface area contributed by atoms with Gasteiger partial charge in [0.05, 0.1) is 12.3 Å². The highest BCUT2D eigenvalue weighted by Gasteiger charge is 2.28. The number of nitrogens with zero attached hydrogens (tertiary/aromatic N) is 1. The average molecular weight is 315 g/mol. The van der Waals surface area contributed by atoms with E-state index in [1.54, 1.807) is 18.4 Å². The Morgan fingerprint density at radius 3 is 2.57 bits per heavy atom. The van der Waals surface area contributed by atoms with Gasteiger partial charge in [-0.3, -0.25) is 4.90 Å². The SMILES string of the molecule is Cl.Fc1ccc(F)c([C@@H](c2ccco2)N2CCNCC2)c1. The third-order valence-corrected chi connectivity index (χ3v) is 3.58. The van der Waals surface area contributed by atoms with Gasteiger partial charge in [-0.1, -0.05) is 0 Å². The fraction of sp³-hybridized carbons (Fsp3) is 0.333. The largest absolute Gasteiger partial charge is 0.467 e. The molecule has 0 spiro atoms. The summed E-state index contributed by atoms with van der Waals surface area (Å²) < 4.78 is 33.1. The van der Waals surface area contributed by atoms with Gasteiger partial charge in [-0.2, -0.15) is 0 Å². The fourth-order valence-corrected chi connectivity index (χ4v) is 2.64. The summed E-state index contributed by atoms with van der Waals surface area (Å²) in [6.45, 7) is 3.19. The molecule has 2 heterocycles. The molecule has 0 unspecified atom stereocenters. The minimum Gasteiger partial charge on any atom is -0.467 e. The third-order valence-electron chi connectivity index (χ3n) is 3.58. The van der Waals surface area contributed by atoms with Crippen molar-refractivity contribution in [2.75, 3.05) is 26.2 Å². The summed E-state index contributed by atoms with van der Waals surface area (Å²) in [7, 11) is 0. The smallest absolute Gasteiger partial charge is 0.128 e. The van der Waals surface area contributed by atoms with Crippen LogP contribution in [0.5, 0.6) is 0 Å². The molecule has 3 rings (SSSR count). The van der Waals surface area contributed by atoms with Crippen LogP contribution >= 0.6 is 12.4 Å². The van der Waals surface area contributed by atoms with E-state index in [1.807, 2.05) is 0 Å². The molecule has 1 aliphatic rings. The van der Waals surface area contributed by atoms with Crippen LogP contribution in [0.4, 0.5) is 8.78 Å². The van der Waals surface area contributed by atoms with E-state index in [9.17, 15) is 8.78 Å². The van der Waals surface area contributed by atoms with Crippen molar-refractivity contribution in [3.8, 4) is 0 Å². The van der Waals surface area contributed by atoms with Gasteiger partial charge in [0.1, 0.15) is 17.4 Å². The molecule has 0 amide bonds. The summed E-state index contributed by atoms with van der Waals surface area (Å²) in [6, 6.07) is 6.74. The first-order chi connectivity index (χ1) is 9.75. The Balaban J connectivity index is 0.00000161.